The molecule has 1 saturated heterocycles. The summed E-state index contributed by atoms with van der Waals surface area (Å²) in [5.41, 5.74) is 0.316. The van der Waals surface area contributed by atoms with Crippen LogP contribution in [-0.4, -0.2) is 25.2 Å². The van der Waals surface area contributed by atoms with Crippen molar-refractivity contribution in [1.82, 2.24) is 5.32 Å². The quantitative estimate of drug-likeness (QED) is 0.798. The molecule has 0 spiro atoms. The maximum absolute atomic E-state index is 13.1. The summed E-state index contributed by atoms with van der Waals surface area (Å²) in [5, 5.41) is 2.22. The molecule has 12 heteroatoms. The van der Waals surface area contributed by atoms with Crippen LogP contribution in [-0.2, 0) is 12.4 Å². The Balaban J connectivity index is 2.76. The smallest absolute Gasteiger partial charge is 0.408 e. The third-order valence-corrected chi connectivity index (χ3v) is 3.05. The lowest BCUT2D eigenvalue weighted by Crippen LogP contribution is -2.30. The van der Waals surface area contributed by atoms with Gasteiger partial charge in [-0.15, -0.1) is 0 Å². The van der Waals surface area contributed by atoms with Gasteiger partial charge in [0.1, 0.15) is 5.56 Å². The second kappa shape index (κ2) is 5.76. The maximum atomic E-state index is 13.1. The van der Waals surface area contributed by atoms with Gasteiger partial charge in [-0.25, -0.2) is 9.59 Å². The summed E-state index contributed by atoms with van der Waals surface area (Å²) < 4.78 is 82.3. The summed E-state index contributed by atoms with van der Waals surface area (Å²) in [5.74, 6) is -1.26. The number of nitrogens with one attached hydrogen (secondary N) is 1. The Labute approximate surface area is 130 Å². The van der Waals surface area contributed by atoms with Gasteiger partial charge in [-0.2, -0.15) is 26.3 Å². The fraction of sp³-hybridized carbons (Fsp3) is 0.333. The Morgan fingerprint density at radius 3 is 2.21 bits per heavy atom. The lowest BCUT2D eigenvalue weighted by molar-refractivity contribution is -0.143. The average Bonchev–Trinajstić information content (AvgIpc) is 2.81. The zero-order valence-electron chi connectivity index (χ0n) is 11.6. The van der Waals surface area contributed by atoms with Gasteiger partial charge in [-0.05, 0) is 12.1 Å². The van der Waals surface area contributed by atoms with Crippen LogP contribution in [0.25, 0.3) is 0 Å². The van der Waals surface area contributed by atoms with Gasteiger partial charge < -0.3 is 15.8 Å². The van der Waals surface area contributed by atoms with Crippen LogP contribution >= 0.6 is 0 Å². The van der Waals surface area contributed by atoms with Crippen LogP contribution in [0.15, 0.2) is 12.1 Å². The molecule has 132 valence electrons. The first-order valence-electron chi connectivity index (χ1n) is 6.26. The number of carbonyl (C=O) groups excluding carboxylic acids is 2. The minimum atomic E-state index is -5.28. The van der Waals surface area contributed by atoms with Crippen LogP contribution in [0.3, 0.4) is 0 Å². The molecule has 1 aliphatic heterocycles. The number of benzene rings is 1. The van der Waals surface area contributed by atoms with Gasteiger partial charge in [0.05, 0.1) is 11.3 Å². The van der Waals surface area contributed by atoms with Gasteiger partial charge in [0.2, 0.25) is 0 Å². The van der Waals surface area contributed by atoms with Crippen molar-refractivity contribution in [2.75, 3.05) is 18.0 Å². The SMILES string of the molecule is NC(=O)Oc1c(N2CCNC2=O)cc(C(F)(F)F)cc1C(F)(F)F. The number of anilines is 1. The second-order valence-corrected chi connectivity index (χ2v) is 4.67. The number of halogens is 6. The number of nitrogens with two attached hydrogens (primary N) is 1. The first kappa shape index (κ1) is 17.7. The van der Waals surface area contributed by atoms with Gasteiger partial charge in [-0.1, -0.05) is 0 Å². The molecule has 0 radical (unpaired) electrons. The molecule has 1 aromatic rings. The number of urea groups is 1. The number of primary amides is 1. The number of hydrogen-bond donors (Lipinski definition) is 2. The van der Waals surface area contributed by atoms with E-state index in [9.17, 15) is 35.9 Å². The van der Waals surface area contributed by atoms with Crippen LogP contribution in [0, 0.1) is 0 Å². The van der Waals surface area contributed by atoms with E-state index < -0.39 is 47.0 Å². The lowest BCUT2D eigenvalue weighted by Gasteiger charge is -2.23. The average molecular weight is 357 g/mol. The van der Waals surface area contributed by atoms with E-state index in [1.54, 1.807) is 0 Å². The molecule has 0 atom stereocenters. The van der Waals surface area contributed by atoms with E-state index >= 15 is 0 Å². The Bertz CT molecular complexity index is 686. The third kappa shape index (κ3) is 3.46. The minimum absolute atomic E-state index is 0.00750. The highest BCUT2D eigenvalue weighted by molar-refractivity contribution is 5.96. The Morgan fingerprint density at radius 2 is 1.79 bits per heavy atom. The van der Waals surface area contributed by atoms with Crippen LogP contribution in [0.1, 0.15) is 11.1 Å². The fourth-order valence-corrected chi connectivity index (χ4v) is 2.10. The topological polar surface area (TPSA) is 84.7 Å². The van der Waals surface area contributed by atoms with Crippen LogP contribution in [0.5, 0.6) is 5.75 Å². The Morgan fingerprint density at radius 1 is 1.17 bits per heavy atom. The zero-order chi connectivity index (χ0) is 18.3. The minimum Gasteiger partial charge on any atom is -0.408 e. The van der Waals surface area contributed by atoms with Crippen molar-refractivity contribution in [2.24, 2.45) is 5.73 Å². The van der Waals surface area contributed by atoms with Gasteiger partial charge in [0.15, 0.2) is 5.75 Å². The van der Waals surface area contributed by atoms with Crippen molar-refractivity contribution in [3.8, 4) is 5.75 Å². The molecule has 1 fully saturated rings. The molecular formula is C12H9F6N3O3. The van der Waals surface area contributed by atoms with Crippen LogP contribution in [0.4, 0.5) is 41.6 Å². The highest BCUT2D eigenvalue weighted by Gasteiger charge is 2.42. The normalized spacial score (nSPS) is 15.4. The molecule has 0 aromatic heterocycles. The second-order valence-electron chi connectivity index (χ2n) is 4.67. The van der Waals surface area contributed by atoms with E-state index in [2.05, 4.69) is 10.1 Å². The molecule has 0 unspecified atom stereocenters. The van der Waals surface area contributed by atoms with Crippen molar-refractivity contribution in [2.45, 2.75) is 12.4 Å². The van der Waals surface area contributed by atoms with E-state index in [-0.39, 0.29) is 19.2 Å². The zero-order valence-corrected chi connectivity index (χ0v) is 11.6. The van der Waals surface area contributed by atoms with Gasteiger partial charge >= 0.3 is 24.5 Å². The number of rotatable bonds is 2. The summed E-state index contributed by atoms with van der Waals surface area (Å²) in [7, 11) is 0. The summed E-state index contributed by atoms with van der Waals surface area (Å²) >= 11 is 0. The van der Waals surface area contributed by atoms with E-state index in [0.29, 0.717) is 11.0 Å². The number of ether oxygens (including phenoxy) is 1. The maximum Gasteiger partial charge on any atom is 0.420 e. The van der Waals surface area contributed by atoms with Gasteiger partial charge in [0.25, 0.3) is 0 Å². The number of nitrogens with zero attached hydrogens (tertiary/aromatic N) is 1. The van der Waals surface area contributed by atoms with Crippen molar-refractivity contribution in [1.29, 1.82) is 0 Å². The standard InChI is InChI=1S/C12H9F6N3O3/c13-11(14,15)5-3-6(12(16,17)18)8(24-9(19)22)7(4-5)21-2-1-20-10(21)23/h3-4H,1-2H2,(H2,19,22)(H,20,23). The van der Waals surface area contributed by atoms with Crippen molar-refractivity contribution in [3.05, 3.63) is 23.3 Å². The van der Waals surface area contributed by atoms with Crippen molar-refractivity contribution >= 4 is 17.8 Å². The molecule has 0 saturated carbocycles. The molecule has 0 bridgehead atoms. The van der Waals surface area contributed by atoms with E-state index in [1.807, 2.05) is 0 Å². The molecule has 0 aliphatic carbocycles. The first-order chi connectivity index (χ1) is 10.9. The van der Waals surface area contributed by atoms with Crippen molar-refractivity contribution in [3.63, 3.8) is 0 Å². The highest BCUT2D eigenvalue weighted by Crippen LogP contribution is 2.46. The van der Waals surface area contributed by atoms with Gasteiger partial charge in [-0.3, -0.25) is 4.90 Å². The predicted molar refractivity (Wildman–Crippen MR) is 67.4 cm³/mol. The lowest BCUT2D eigenvalue weighted by atomic mass is 10.1. The molecule has 1 aromatic carbocycles. The molecule has 6 nitrogen and oxygen atoms in total. The molecule has 2 rings (SSSR count). The number of amides is 3. The molecule has 1 heterocycles. The number of carbonyl (C=O) groups is 2. The molecule has 3 amide bonds. The van der Waals surface area contributed by atoms with E-state index in [0.717, 1.165) is 0 Å². The summed E-state index contributed by atoms with van der Waals surface area (Å²) in [6, 6.07) is -0.856. The van der Waals surface area contributed by atoms with Crippen molar-refractivity contribution < 1.29 is 40.7 Å². The highest BCUT2D eigenvalue weighted by atomic mass is 19.4. The van der Waals surface area contributed by atoms with E-state index in [1.165, 1.54) is 0 Å². The predicted octanol–water partition coefficient (Wildman–Crippen LogP) is 2.71. The number of alkyl halides is 6. The molecule has 24 heavy (non-hydrogen) atoms. The Hall–Kier alpha value is -2.66. The summed E-state index contributed by atoms with van der Waals surface area (Å²) in [6.45, 7) is -0.223. The van der Waals surface area contributed by atoms with E-state index in [4.69, 9.17) is 5.73 Å². The van der Waals surface area contributed by atoms with Gasteiger partial charge in [0, 0.05) is 13.1 Å². The van der Waals surface area contributed by atoms with Crippen LogP contribution < -0.4 is 20.7 Å². The third-order valence-electron chi connectivity index (χ3n) is 3.05. The fourth-order valence-electron chi connectivity index (χ4n) is 2.10. The monoisotopic (exact) mass is 357 g/mol. The number of hydrogen-bond acceptors (Lipinski definition) is 3. The van der Waals surface area contributed by atoms with Crippen LogP contribution in [0.2, 0.25) is 0 Å². The summed E-state index contributed by atoms with van der Waals surface area (Å²) in [6.07, 6.45) is -12.1. The molecular weight excluding hydrogens is 348 g/mol. The molecule has 3 N–H and O–H groups in total. The summed E-state index contributed by atoms with van der Waals surface area (Å²) in [4.78, 5) is 23.1. The first-order valence-corrected chi connectivity index (χ1v) is 6.26. The molecule has 1 aliphatic rings. The largest absolute Gasteiger partial charge is 0.420 e. The Kier molecular flexibility index (Phi) is 4.25.